The highest BCUT2D eigenvalue weighted by molar-refractivity contribution is 14.0. The van der Waals surface area contributed by atoms with Gasteiger partial charge in [0.1, 0.15) is 0 Å². The molecule has 0 bridgehead atoms. The fraction of sp³-hybridized carbons (Fsp3) is 0. The van der Waals surface area contributed by atoms with Crippen LogP contribution in [0.25, 0.3) is 0 Å². The van der Waals surface area contributed by atoms with E-state index < -0.39 is 0 Å². The van der Waals surface area contributed by atoms with E-state index in [9.17, 15) is 0 Å². The van der Waals surface area contributed by atoms with E-state index in [1.165, 1.54) is 0 Å². The molecule has 0 aliphatic heterocycles. The Labute approximate surface area is 74.3 Å². The summed E-state index contributed by atoms with van der Waals surface area (Å²) in [5, 5.41) is 0. The molecule has 6 nitrogen and oxygen atoms in total. The normalized spacial score (nSPS) is 0. The number of halogens is 1. The molecule has 0 saturated heterocycles. The minimum Gasteiger partial charge on any atom is -0.412 e. The summed E-state index contributed by atoms with van der Waals surface area (Å²) in [7, 11) is 0. The van der Waals surface area contributed by atoms with E-state index in [1.54, 1.807) is 0 Å². The number of hydrogen-bond acceptors (Lipinski definition) is 0. The lowest BCUT2D eigenvalue weighted by atomic mass is 16.0. The minimum absolute atomic E-state index is 0. The zero-order valence-corrected chi connectivity index (χ0v) is 5.74. The molecule has 0 rings (SSSR count). The average molecular weight is 266 g/mol. The Kier molecular flexibility index (Phi) is 26300. The lowest BCUT2D eigenvalue weighted by molar-refractivity contribution is 0.823. The molecular weight excluding hydrogens is 250 g/mol. The fourth-order valence-corrected chi connectivity index (χ4v) is 0. The molecule has 0 spiro atoms. The summed E-state index contributed by atoms with van der Waals surface area (Å²) in [4.78, 5) is 0. The molecule has 0 amide bonds. The standard InChI is InChI=1S/Al.HI.6H2O.3H/h;1H;6*1H2;;;. The van der Waals surface area contributed by atoms with Gasteiger partial charge in [-0.05, 0) is 0 Å². The van der Waals surface area contributed by atoms with Crippen LogP contribution in [0.3, 0.4) is 0 Å². The largest absolute Gasteiger partial charge is 0.412 e. The predicted octanol–water partition coefficient (Wildman–Crippen LogP) is -5.51. The third kappa shape index (κ3) is 244. The predicted molar refractivity (Wildman–Crippen MR) is 47.0 cm³/mol. The van der Waals surface area contributed by atoms with E-state index in [2.05, 4.69) is 0 Å². The molecule has 0 aromatic carbocycles. The molecule has 0 fully saturated rings. The van der Waals surface area contributed by atoms with Crippen molar-refractivity contribution in [3.05, 3.63) is 0 Å². The second kappa shape index (κ2) is 378. The number of hydrogen-bond donors (Lipinski definition) is 0. The lowest BCUT2D eigenvalue weighted by Crippen LogP contribution is -0.381. The molecule has 0 atom stereocenters. The molecule has 8 heteroatoms. The average Bonchev–Trinajstić information content (AvgIpc) is 0. The van der Waals surface area contributed by atoms with Gasteiger partial charge in [0, 0.05) is 0 Å². The summed E-state index contributed by atoms with van der Waals surface area (Å²) in [5.41, 5.74) is 0. The summed E-state index contributed by atoms with van der Waals surface area (Å²) in [6.45, 7) is 0. The Hall–Kier alpha value is 1.02. The Balaban J connectivity index is 0. The molecule has 0 aromatic heterocycles. The second-order valence-electron chi connectivity index (χ2n) is 0. The first kappa shape index (κ1) is 555. The summed E-state index contributed by atoms with van der Waals surface area (Å²) in [5.74, 6) is 0. The minimum atomic E-state index is 0. The molecule has 0 unspecified atom stereocenters. The Morgan fingerprint density at radius 2 is 0.375 bits per heavy atom. The topological polar surface area (TPSA) is 189 Å². The SMILES string of the molecule is I.O.O.O.O.O.O.[AlH3]. The first-order valence-electron chi connectivity index (χ1n) is 0. The van der Waals surface area contributed by atoms with Crippen LogP contribution in [0.4, 0.5) is 0 Å². The molecule has 0 radical (unpaired) electrons. The van der Waals surface area contributed by atoms with Crippen molar-refractivity contribution in [2.75, 3.05) is 0 Å². The van der Waals surface area contributed by atoms with Crippen LogP contribution in [-0.2, 0) is 0 Å². The van der Waals surface area contributed by atoms with Crippen LogP contribution >= 0.6 is 24.0 Å². The van der Waals surface area contributed by atoms with Crippen molar-refractivity contribution < 1.29 is 32.9 Å². The highest BCUT2D eigenvalue weighted by atomic mass is 127. The van der Waals surface area contributed by atoms with E-state index in [0.29, 0.717) is 0 Å². The van der Waals surface area contributed by atoms with Crippen molar-refractivity contribution in [1.29, 1.82) is 0 Å². The third-order valence-corrected chi connectivity index (χ3v) is 0. The van der Waals surface area contributed by atoms with Gasteiger partial charge in [-0.1, -0.05) is 0 Å². The summed E-state index contributed by atoms with van der Waals surface area (Å²) < 4.78 is 0. The maximum absolute atomic E-state index is 0. The highest BCUT2D eigenvalue weighted by Crippen LogP contribution is 0.886. The van der Waals surface area contributed by atoms with Gasteiger partial charge < -0.3 is 32.9 Å². The molecule has 0 saturated carbocycles. The van der Waals surface area contributed by atoms with Crippen molar-refractivity contribution in [2.45, 2.75) is 0 Å². The number of rotatable bonds is 0. The molecule has 8 heavy (non-hydrogen) atoms. The smallest absolute Gasteiger partial charge is 0.187 e. The van der Waals surface area contributed by atoms with Gasteiger partial charge in [-0.25, -0.2) is 0 Å². The lowest BCUT2D eigenvalue weighted by Gasteiger charge is -0.413. The molecule has 0 aliphatic rings. The van der Waals surface area contributed by atoms with E-state index in [0.717, 1.165) is 0 Å². The van der Waals surface area contributed by atoms with E-state index in [-0.39, 0.29) is 74.2 Å². The first-order chi connectivity index (χ1) is 0. The van der Waals surface area contributed by atoms with Crippen molar-refractivity contribution in [3.63, 3.8) is 0 Å². The first-order valence-corrected chi connectivity index (χ1v) is 0. The van der Waals surface area contributed by atoms with Gasteiger partial charge in [-0.15, -0.1) is 24.0 Å². The molecule has 0 aromatic rings. The summed E-state index contributed by atoms with van der Waals surface area (Å²) in [6, 6.07) is 0. The van der Waals surface area contributed by atoms with Crippen molar-refractivity contribution in [2.24, 2.45) is 0 Å². The van der Waals surface area contributed by atoms with Crippen LogP contribution < -0.4 is 0 Å². The van der Waals surface area contributed by atoms with Gasteiger partial charge in [-0.2, -0.15) is 0 Å². The second-order valence-corrected chi connectivity index (χ2v) is 0. The van der Waals surface area contributed by atoms with Gasteiger partial charge >= 0.3 is 0 Å². The molecule has 0 aliphatic carbocycles. The Morgan fingerprint density at radius 3 is 0.375 bits per heavy atom. The van der Waals surface area contributed by atoms with Crippen LogP contribution in [-0.4, -0.2) is 50.2 Å². The summed E-state index contributed by atoms with van der Waals surface area (Å²) >= 11 is 0. The van der Waals surface area contributed by atoms with Crippen LogP contribution in [0.5, 0.6) is 0 Å². The molecular formula is H16AlIO6. The van der Waals surface area contributed by atoms with Gasteiger partial charge in [0.15, 0.2) is 17.4 Å². The molecule has 62 valence electrons. The zero-order chi connectivity index (χ0) is 0. The van der Waals surface area contributed by atoms with Gasteiger partial charge in [-0.3, -0.25) is 0 Å². The summed E-state index contributed by atoms with van der Waals surface area (Å²) in [6.07, 6.45) is 0. The maximum Gasteiger partial charge on any atom is 0.187 e. The fourth-order valence-electron chi connectivity index (χ4n) is 0. The van der Waals surface area contributed by atoms with Crippen molar-refractivity contribution in [1.82, 2.24) is 0 Å². The van der Waals surface area contributed by atoms with E-state index in [4.69, 9.17) is 0 Å². The van der Waals surface area contributed by atoms with Gasteiger partial charge in [0.2, 0.25) is 0 Å². The van der Waals surface area contributed by atoms with Crippen molar-refractivity contribution in [3.8, 4) is 0 Å². The Morgan fingerprint density at radius 1 is 0.375 bits per heavy atom. The van der Waals surface area contributed by atoms with E-state index >= 15 is 0 Å². The van der Waals surface area contributed by atoms with Gasteiger partial charge in [0.05, 0.1) is 0 Å². The zero-order valence-electron chi connectivity index (χ0n) is 3.41. The van der Waals surface area contributed by atoms with Crippen molar-refractivity contribution >= 4 is 41.3 Å². The van der Waals surface area contributed by atoms with Crippen LogP contribution in [0.2, 0.25) is 0 Å². The highest BCUT2D eigenvalue weighted by Gasteiger charge is 0.187. The quantitative estimate of drug-likeness (QED) is 0.298. The maximum atomic E-state index is 0. The monoisotopic (exact) mass is 266 g/mol. The van der Waals surface area contributed by atoms with Crippen LogP contribution in [0, 0.1) is 0 Å². The third-order valence-electron chi connectivity index (χ3n) is 0. The molecule has 0 heterocycles. The van der Waals surface area contributed by atoms with Gasteiger partial charge in [0.25, 0.3) is 0 Å². The Bertz CT molecular complexity index is 8.49. The van der Waals surface area contributed by atoms with E-state index in [1.807, 2.05) is 0 Å². The van der Waals surface area contributed by atoms with Crippen LogP contribution in [0.15, 0.2) is 0 Å². The van der Waals surface area contributed by atoms with Crippen LogP contribution in [0.1, 0.15) is 0 Å². The molecule has 12 N–H and O–H groups in total.